The minimum atomic E-state index is -0.450. The van der Waals surface area contributed by atoms with E-state index < -0.39 is 5.82 Å². The SMILES string of the molecule is CCCOc1ccc(-c2nn(-c3ccccc3)cc2/C=C2\SC(=S)N([C@@H](C)CC)C2=O)cc1F. The first kappa shape index (κ1) is 24.2. The third-order valence-corrected chi connectivity index (χ3v) is 6.90. The Morgan fingerprint density at radius 1 is 1.21 bits per heavy atom. The van der Waals surface area contributed by atoms with E-state index in [0.29, 0.717) is 32.7 Å². The van der Waals surface area contributed by atoms with Crippen LogP contribution in [-0.4, -0.2) is 37.6 Å². The van der Waals surface area contributed by atoms with Gasteiger partial charge >= 0.3 is 0 Å². The van der Waals surface area contributed by atoms with Crippen molar-refractivity contribution in [3.63, 3.8) is 0 Å². The molecule has 34 heavy (non-hydrogen) atoms. The van der Waals surface area contributed by atoms with Crippen molar-refractivity contribution in [2.24, 2.45) is 0 Å². The molecule has 0 radical (unpaired) electrons. The van der Waals surface area contributed by atoms with Gasteiger partial charge in [0.15, 0.2) is 11.6 Å². The molecule has 1 aliphatic heterocycles. The molecule has 1 saturated heterocycles. The van der Waals surface area contributed by atoms with Gasteiger partial charge in [-0.25, -0.2) is 9.07 Å². The topological polar surface area (TPSA) is 47.4 Å². The highest BCUT2D eigenvalue weighted by Crippen LogP contribution is 2.36. The maximum atomic E-state index is 14.8. The molecule has 0 saturated carbocycles. The molecular weight excluding hydrogens is 469 g/mol. The maximum absolute atomic E-state index is 14.8. The van der Waals surface area contributed by atoms with Gasteiger partial charge in [0, 0.05) is 23.4 Å². The molecular formula is C26H26FN3O2S2. The van der Waals surface area contributed by atoms with Crippen LogP contribution in [0.4, 0.5) is 4.39 Å². The van der Waals surface area contributed by atoms with E-state index in [1.54, 1.807) is 27.8 Å². The highest BCUT2D eigenvalue weighted by molar-refractivity contribution is 8.26. The van der Waals surface area contributed by atoms with Gasteiger partial charge in [0.1, 0.15) is 10.0 Å². The average Bonchev–Trinajstić information content (AvgIpc) is 3.39. The molecule has 1 amide bonds. The predicted octanol–water partition coefficient (Wildman–Crippen LogP) is 6.47. The molecule has 8 heteroatoms. The van der Waals surface area contributed by atoms with Crippen molar-refractivity contribution in [2.75, 3.05) is 6.61 Å². The van der Waals surface area contributed by atoms with Gasteiger partial charge in [0.2, 0.25) is 0 Å². The largest absolute Gasteiger partial charge is 0.491 e. The van der Waals surface area contributed by atoms with Crippen LogP contribution in [0.25, 0.3) is 23.0 Å². The minimum Gasteiger partial charge on any atom is -0.491 e. The van der Waals surface area contributed by atoms with Gasteiger partial charge in [0.25, 0.3) is 5.91 Å². The molecule has 5 nitrogen and oxygen atoms in total. The monoisotopic (exact) mass is 495 g/mol. The molecule has 4 rings (SSSR count). The number of halogens is 1. The first-order chi connectivity index (χ1) is 16.4. The Bertz CT molecular complexity index is 1240. The first-order valence-electron chi connectivity index (χ1n) is 11.3. The second-order valence-corrected chi connectivity index (χ2v) is 9.69. The summed E-state index contributed by atoms with van der Waals surface area (Å²) in [6.07, 6.45) is 5.24. The van der Waals surface area contributed by atoms with Gasteiger partial charge in [-0.15, -0.1) is 0 Å². The number of rotatable bonds is 8. The lowest BCUT2D eigenvalue weighted by molar-refractivity contribution is -0.123. The Morgan fingerprint density at radius 3 is 2.65 bits per heavy atom. The Balaban J connectivity index is 1.78. The number of carbonyl (C=O) groups excluding carboxylic acids is 1. The highest BCUT2D eigenvalue weighted by Gasteiger charge is 2.35. The summed E-state index contributed by atoms with van der Waals surface area (Å²) in [6, 6.07) is 14.5. The number of carbonyl (C=O) groups is 1. The first-order valence-corrected chi connectivity index (χ1v) is 12.5. The fourth-order valence-corrected chi connectivity index (χ4v) is 5.04. The van der Waals surface area contributed by atoms with E-state index in [-0.39, 0.29) is 17.7 Å². The summed E-state index contributed by atoms with van der Waals surface area (Å²) in [5, 5.41) is 4.74. The third kappa shape index (κ3) is 4.93. The van der Waals surface area contributed by atoms with E-state index in [1.165, 1.54) is 17.8 Å². The number of aromatic nitrogens is 2. The number of ether oxygens (including phenoxy) is 1. The van der Waals surface area contributed by atoms with E-state index in [4.69, 9.17) is 22.1 Å². The number of thiocarbonyl (C=S) groups is 1. The zero-order valence-electron chi connectivity index (χ0n) is 19.3. The number of hydrogen-bond acceptors (Lipinski definition) is 5. The fraction of sp³-hybridized carbons (Fsp3) is 0.269. The molecule has 2 aromatic carbocycles. The fourth-order valence-electron chi connectivity index (χ4n) is 3.59. The number of thioether (sulfide) groups is 1. The summed E-state index contributed by atoms with van der Waals surface area (Å²) in [5.74, 6) is -0.351. The molecule has 1 atom stereocenters. The van der Waals surface area contributed by atoms with E-state index in [0.717, 1.165) is 18.5 Å². The molecule has 2 heterocycles. The van der Waals surface area contributed by atoms with E-state index in [2.05, 4.69) is 0 Å². The summed E-state index contributed by atoms with van der Waals surface area (Å²) in [5.41, 5.74) is 2.73. The normalized spacial score (nSPS) is 15.9. The summed E-state index contributed by atoms with van der Waals surface area (Å²) in [6.45, 7) is 6.43. The van der Waals surface area contributed by atoms with Crippen molar-refractivity contribution in [1.82, 2.24) is 14.7 Å². The van der Waals surface area contributed by atoms with Crippen LogP contribution in [0.15, 0.2) is 59.6 Å². The van der Waals surface area contributed by atoms with Crippen molar-refractivity contribution < 1.29 is 13.9 Å². The van der Waals surface area contributed by atoms with E-state index in [1.807, 2.05) is 57.3 Å². The van der Waals surface area contributed by atoms with Crippen molar-refractivity contribution in [3.8, 4) is 22.7 Å². The van der Waals surface area contributed by atoms with Gasteiger partial charge in [-0.1, -0.05) is 56.0 Å². The van der Waals surface area contributed by atoms with Gasteiger partial charge in [-0.2, -0.15) is 5.10 Å². The lowest BCUT2D eigenvalue weighted by atomic mass is 10.1. The predicted molar refractivity (Wildman–Crippen MR) is 140 cm³/mol. The van der Waals surface area contributed by atoms with Crippen LogP contribution in [-0.2, 0) is 4.79 Å². The molecule has 1 aliphatic rings. The molecule has 1 aromatic heterocycles. The molecule has 0 N–H and O–H groups in total. The highest BCUT2D eigenvalue weighted by atomic mass is 32.2. The van der Waals surface area contributed by atoms with Crippen molar-refractivity contribution in [2.45, 2.75) is 39.7 Å². The Labute approximate surface area is 208 Å². The van der Waals surface area contributed by atoms with Crippen LogP contribution in [0.1, 0.15) is 39.2 Å². The van der Waals surface area contributed by atoms with Crippen molar-refractivity contribution in [1.29, 1.82) is 0 Å². The molecule has 1 fully saturated rings. The third-order valence-electron chi connectivity index (χ3n) is 5.57. The second kappa shape index (κ2) is 10.5. The van der Waals surface area contributed by atoms with Crippen LogP contribution in [0, 0.1) is 5.82 Å². The van der Waals surface area contributed by atoms with Crippen molar-refractivity contribution in [3.05, 3.63) is 71.0 Å². The minimum absolute atomic E-state index is 0.0228. The van der Waals surface area contributed by atoms with Crippen LogP contribution < -0.4 is 4.74 Å². The van der Waals surface area contributed by atoms with Crippen LogP contribution >= 0.6 is 24.0 Å². The van der Waals surface area contributed by atoms with Crippen LogP contribution in [0.3, 0.4) is 0 Å². The molecule has 0 aliphatic carbocycles. The Hall–Kier alpha value is -2.97. The van der Waals surface area contributed by atoms with E-state index >= 15 is 0 Å². The number of nitrogens with zero attached hydrogens (tertiary/aromatic N) is 3. The summed E-state index contributed by atoms with van der Waals surface area (Å²) in [4.78, 5) is 15.3. The van der Waals surface area contributed by atoms with Gasteiger partial charge in [-0.3, -0.25) is 9.69 Å². The number of para-hydroxylation sites is 1. The maximum Gasteiger partial charge on any atom is 0.266 e. The molecule has 3 aromatic rings. The van der Waals surface area contributed by atoms with Gasteiger partial charge < -0.3 is 4.74 Å². The molecule has 0 bridgehead atoms. The van der Waals surface area contributed by atoms with Gasteiger partial charge in [-0.05, 0) is 56.2 Å². The molecule has 176 valence electrons. The second-order valence-electron chi connectivity index (χ2n) is 8.02. The summed E-state index contributed by atoms with van der Waals surface area (Å²) < 4.78 is 22.5. The van der Waals surface area contributed by atoms with E-state index in [9.17, 15) is 9.18 Å². The quantitative estimate of drug-likeness (QED) is 0.265. The smallest absolute Gasteiger partial charge is 0.266 e. The molecule has 0 spiro atoms. The lowest BCUT2D eigenvalue weighted by Crippen LogP contribution is -2.36. The number of hydrogen-bond donors (Lipinski definition) is 0. The standard InChI is InChI=1S/C26H26FN3O2S2/c1-4-13-32-22-12-11-18(14-21(22)27)24-19(16-29(28-24)20-9-7-6-8-10-20)15-23-25(31)30(17(3)5-2)26(33)34-23/h6-12,14-17H,4-5,13H2,1-3H3/b23-15-/t17-/m0/s1. The zero-order chi connectivity index (χ0) is 24.2. The zero-order valence-corrected chi connectivity index (χ0v) is 21.0. The number of amides is 1. The lowest BCUT2D eigenvalue weighted by Gasteiger charge is -2.21. The number of benzene rings is 2. The van der Waals surface area contributed by atoms with Crippen LogP contribution in [0.2, 0.25) is 0 Å². The Kier molecular flexibility index (Phi) is 7.48. The summed E-state index contributed by atoms with van der Waals surface area (Å²) >= 11 is 6.75. The molecule has 0 unspecified atom stereocenters. The van der Waals surface area contributed by atoms with Crippen molar-refractivity contribution >= 4 is 40.3 Å². The Morgan fingerprint density at radius 2 is 1.97 bits per heavy atom. The van der Waals surface area contributed by atoms with Gasteiger partial charge in [0.05, 0.1) is 17.2 Å². The average molecular weight is 496 g/mol. The van der Waals surface area contributed by atoms with Crippen LogP contribution in [0.5, 0.6) is 5.75 Å². The summed E-state index contributed by atoms with van der Waals surface area (Å²) in [7, 11) is 0.